The third-order valence-electron chi connectivity index (χ3n) is 2.70. The van der Waals surface area contributed by atoms with E-state index >= 15 is 0 Å². The third kappa shape index (κ3) is 5.15. The number of aromatic nitrogens is 1. The van der Waals surface area contributed by atoms with E-state index < -0.39 is 0 Å². The maximum Gasteiger partial charge on any atom is 0.226 e. The molecular weight excluding hydrogens is 351 g/mol. The second-order valence-corrected chi connectivity index (χ2v) is 6.71. The third-order valence-corrected chi connectivity index (χ3v) is 4.62. The number of alkyl halides is 1. The zero-order valence-electron chi connectivity index (χ0n) is 11.0. The zero-order chi connectivity index (χ0) is 15.2. The number of carbonyl (C=O) groups excluding carboxylic acids is 1. The molecule has 1 N–H and O–H groups in total. The number of halogens is 3. The van der Waals surface area contributed by atoms with Crippen LogP contribution >= 0.6 is 46.1 Å². The van der Waals surface area contributed by atoms with E-state index in [-0.39, 0.29) is 5.91 Å². The van der Waals surface area contributed by atoms with Crippen molar-refractivity contribution in [1.82, 2.24) is 4.98 Å². The van der Waals surface area contributed by atoms with Crippen LogP contribution in [0.5, 0.6) is 0 Å². The van der Waals surface area contributed by atoms with E-state index in [1.165, 1.54) is 11.3 Å². The molecule has 0 aliphatic heterocycles. The van der Waals surface area contributed by atoms with Crippen LogP contribution in [0, 0.1) is 0 Å². The zero-order valence-corrected chi connectivity index (χ0v) is 14.1. The lowest BCUT2D eigenvalue weighted by atomic mass is 10.1. The Hall–Kier alpha value is -0.810. The van der Waals surface area contributed by atoms with Crippen molar-refractivity contribution in [2.45, 2.75) is 19.3 Å². The molecule has 1 aromatic heterocycles. The van der Waals surface area contributed by atoms with Crippen molar-refractivity contribution < 1.29 is 4.79 Å². The quantitative estimate of drug-likeness (QED) is 0.734. The second-order valence-electron chi connectivity index (χ2n) is 4.40. The van der Waals surface area contributed by atoms with Crippen LogP contribution in [-0.4, -0.2) is 16.8 Å². The molecule has 0 saturated heterocycles. The van der Waals surface area contributed by atoms with Gasteiger partial charge in [-0.05, 0) is 24.1 Å². The van der Waals surface area contributed by atoms with E-state index in [1.54, 1.807) is 12.3 Å². The molecule has 1 amide bonds. The van der Waals surface area contributed by atoms with Gasteiger partial charge in [-0.2, -0.15) is 0 Å². The van der Waals surface area contributed by atoms with Crippen molar-refractivity contribution in [2.24, 2.45) is 0 Å². The summed E-state index contributed by atoms with van der Waals surface area (Å²) in [6.45, 7) is 0. The highest BCUT2D eigenvalue weighted by atomic mass is 35.5. The Kier molecular flexibility index (Phi) is 6.30. The summed E-state index contributed by atoms with van der Waals surface area (Å²) in [7, 11) is 0. The van der Waals surface area contributed by atoms with Gasteiger partial charge >= 0.3 is 0 Å². The lowest BCUT2D eigenvalue weighted by Gasteiger charge is -2.01. The van der Waals surface area contributed by atoms with Gasteiger partial charge in [0.25, 0.3) is 0 Å². The highest BCUT2D eigenvalue weighted by Crippen LogP contribution is 2.26. The number of benzene rings is 1. The minimum Gasteiger partial charge on any atom is -0.302 e. The van der Waals surface area contributed by atoms with Crippen molar-refractivity contribution >= 4 is 57.2 Å². The number of carbonyl (C=O) groups is 1. The fourth-order valence-electron chi connectivity index (χ4n) is 1.71. The van der Waals surface area contributed by atoms with Crippen molar-refractivity contribution in [3.63, 3.8) is 0 Å². The number of hydrogen-bond acceptors (Lipinski definition) is 3. The van der Waals surface area contributed by atoms with Gasteiger partial charge in [0.2, 0.25) is 5.91 Å². The number of hydrogen-bond donors (Lipinski definition) is 1. The van der Waals surface area contributed by atoms with Gasteiger partial charge in [-0.3, -0.25) is 4.79 Å². The summed E-state index contributed by atoms with van der Waals surface area (Å²) >= 11 is 18.9. The Morgan fingerprint density at radius 1 is 1.29 bits per heavy atom. The van der Waals surface area contributed by atoms with Crippen molar-refractivity contribution in [3.05, 3.63) is 44.9 Å². The molecule has 112 valence electrons. The molecule has 0 unspecified atom stereocenters. The first-order valence-corrected chi connectivity index (χ1v) is 8.43. The standard InChI is InChI=1S/C14H13Cl3N2OS/c15-5-1-2-13(20)19-14-18-8-10(21-14)6-9-3-4-11(16)12(17)7-9/h3-4,7-8H,1-2,5-6H2,(H,18,19,20). The number of amides is 1. The maximum absolute atomic E-state index is 11.6. The molecule has 0 saturated carbocycles. The van der Waals surface area contributed by atoms with Crippen molar-refractivity contribution in [3.8, 4) is 0 Å². The van der Waals surface area contributed by atoms with Crippen molar-refractivity contribution in [1.29, 1.82) is 0 Å². The number of nitrogens with zero attached hydrogens (tertiary/aromatic N) is 1. The van der Waals surface area contributed by atoms with Crippen LogP contribution < -0.4 is 5.32 Å². The average molecular weight is 364 g/mol. The minimum absolute atomic E-state index is 0.0638. The Labute approximate surface area is 142 Å². The molecule has 0 aliphatic rings. The van der Waals surface area contributed by atoms with Gasteiger partial charge in [0.1, 0.15) is 0 Å². The largest absolute Gasteiger partial charge is 0.302 e. The van der Waals surface area contributed by atoms with Gasteiger partial charge in [-0.25, -0.2) is 4.98 Å². The molecule has 21 heavy (non-hydrogen) atoms. The van der Waals surface area contributed by atoms with E-state index in [0.717, 1.165) is 10.4 Å². The molecule has 0 fully saturated rings. The van der Waals surface area contributed by atoms with Crippen LogP contribution in [0.1, 0.15) is 23.3 Å². The van der Waals surface area contributed by atoms with Crippen LogP contribution in [-0.2, 0) is 11.2 Å². The SMILES string of the molecule is O=C(CCCCl)Nc1ncc(Cc2ccc(Cl)c(Cl)c2)s1. The van der Waals surface area contributed by atoms with Crippen LogP contribution in [0.4, 0.5) is 5.13 Å². The lowest BCUT2D eigenvalue weighted by molar-refractivity contribution is -0.116. The number of nitrogens with one attached hydrogen (secondary N) is 1. The Bertz CT molecular complexity index is 630. The molecule has 0 bridgehead atoms. The fraction of sp³-hybridized carbons (Fsp3) is 0.286. The normalized spacial score (nSPS) is 10.6. The molecule has 0 radical (unpaired) electrons. The first kappa shape index (κ1) is 16.6. The molecule has 2 rings (SSSR count). The van der Waals surface area contributed by atoms with E-state index in [0.29, 0.717) is 40.3 Å². The Morgan fingerprint density at radius 2 is 2.10 bits per heavy atom. The molecule has 0 atom stereocenters. The van der Waals surface area contributed by atoms with Gasteiger partial charge in [-0.1, -0.05) is 29.3 Å². The van der Waals surface area contributed by atoms with Crippen LogP contribution in [0.15, 0.2) is 24.4 Å². The molecule has 1 heterocycles. The Balaban J connectivity index is 1.96. The van der Waals surface area contributed by atoms with Gasteiger partial charge in [0.15, 0.2) is 5.13 Å². The van der Waals surface area contributed by atoms with Gasteiger partial charge < -0.3 is 5.32 Å². The summed E-state index contributed by atoms with van der Waals surface area (Å²) in [6.07, 6.45) is 3.52. The molecule has 0 aliphatic carbocycles. The minimum atomic E-state index is -0.0638. The number of anilines is 1. The van der Waals surface area contributed by atoms with E-state index in [9.17, 15) is 4.79 Å². The number of rotatable bonds is 6. The molecule has 1 aromatic carbocycles. The van der Waals surface area contributed by atoms with Gasteiger partial charge in [-0.15, -0.1) is 22.9 Å². The monoisotopic (exact) mass is 362 g/mol. The Morgan fingerprint density at radius 3 is 2.81 bits per heavy atom. The molecule has 2 aromatic rings. The second kappa shape index (κ2) is 7.99. The molecule has 3 nitrogen and oxygen atoms in total. The maximum atomic E-state index is 11.6. The smallest absolute Gasteiger partial charge is 0.226 e. The van der Waals surface area contributed by atoms with Crippen LogP contribution in [0.3, 0.4) is 0 Å². The summed E-state index contributed by atoms with van der Waals surface area (Å²) in [5.74, 6) is 0.416. The van der Waals surface area contributed by atoms with Crippen molar-refractivity contribution in [2.75, 3.05) is 11.2 Å². The predicted octanol–water partition coefficient (Wildman–Crippen LogP) is 5.00. The van der Waals surface area contributed by atoms with Gasteiger partial charge in [0.05, 0.1) is 10.0 Å². The first-order valence-electron chi connectivity index (χ1n) is 6.33. The topological polar surface area (TPSA) is 42.0 Å². The summed E-state index contributed by atoms with van der Waals surface area (Å²) < 4.78 is 0. The number of thiazole rings is 1. The van der Waals surface area contributed by atoms with E-state index in [4.69, 9.17) is 34.8 Å². The van der Waals surface area contributed by atoms with Gasteiger partial charge in [0, 0.05) is 29.8 Å². The lowest BCUT2D eigenvalue weighted by Crippen LogP contribution is -2.10. The molecular formula is C14H13Cl3N2OS. The first-order chi connectivity index (χ1) is 10.1. The van der Waals surface area contributed by atoms with E-state index in [1.807, 2.05) is 12.1 Å². The average Bonchev–Trinajstić information content (AvgIpc) is 2.88. The highest BCUT2D eigenvalue weighted by molar-refractivity contribution is 7.15. The summed E-state index contributed by atoms with van der Waals surface area (Å²) in [4.78, 5) is 16.8. The predicted molar refractivity (Wildman–Crippen MR) is 90.0 cm³/mol. The van der Waals surface area contributed by atoms with E-state index in [2.05, 4.69) is 10.3 Å². The molecule has 7 heteroatoms. The highest BCUT2D eigenvalue weighted by Gasteiger charge is 2.08. The van der Waals surface area contributed by atoms with Crippen LogP contribution in [0.25, 0.3) is 0 Å². The summed E-state index contributed by atoms with van der Waals surface area (Å²) in [5, 5.41) is 4.44. The summed E-state index contributed by atoms with van der Waals surface area (Å²) in [5.41, 5.74) is 1.05. The fourth-order valence-corrected chi connectivity index (χ4v) is 3.02. The van der Waals surface area contributed by atoms with Crippen LogP contribution in [0.2, 0.25) is 10.0 Å². The summed E-state index contributed by atoms with van der Waals surface area (Å²) in [6, 6.07) is 5.53. The molecule has 0 spiro atoms.